The number of amides is 1. The Morgan fingerprint density at radius 2 is 1.82 bits per heavy atom. The molecular weight excluding hydrogens is 518 g/mol. The number of thioether (sulfide) groups is 1. The highest BCUT2D eigenvalue weighted by Gasteiger charge is 2.21. The Morgan fingerprint density at radius 1 is 1.00 bits per heavy atom. The van der Waals surface area contributed by atoms with Crippen LogP contribution in [-0.2, 0) is 12.3 Å². The lowest BCUT2D eigenvalue weighted by molar-refractivity contribution is 0.0948. The van der Waals surface area contributed by atoms with Gasteiger partial charge in [-0.1, -0.05) is 66.4 Å². The SMILES string of the molecule is Cc1nc(SCc2cccc(C(=O)NCc3ccco3)c2)nc(N2CCN(C/C=C/c3ccccc3)CC2)c1C. The van der Waals surface area contributed by atoms with E-state index in [2.05, 4.69) is 65.4 Å². The number of nitrogens with zero attached hydrogens (tertiary/aromatic N) is 4. The van der Waals surface area contributed by atoms with Gasteiger partial charge < -0.3 is 14.6 Å². The van der Waals surface area contributed by atoms with Crippen LogP contribution in [0, 0.1) is 13.8 Å². The fourth-order valence-electron chi connectivity index (χ4n) is 4.64. The minimum Gasteiger partial charge on any atom is -0.467 e. The van der Waals surface area contributed by atoms with E-state index >= 15 is 0 Å². The standard InChI is InChI=1S/C32H35N5O2S/c1-24-25(2)34-32(40-23-27-11-6-13-28(21-27)31(38)33-22-29-14-8-20-39-29)35-30(24)37-18-16-36(17-19-37)15-7-12-26-9-4-3-5-10-26/h3-14,20-21H,15-19,22-23H2,1-2H3,(H,33,38)/b12-7+. The van der Waals surface area contributed by atoms with Crippen LogP contribution in [-0.4, -0.2) is 53.5 Å². The number of aryl methyl sites for hydroxylation is 1. The normalized spacial score (nSPS) is 14.1. The summed E-state index contributed by atoms with van der Waals surface area (Å²) in [6, 6.07) is 21.8. The molecule has 4 aromatic rings. The van der Waals surface area contributed by atoms with Gasteiger partial charge in [-0.25, -0.2) is 9.97 Å². The van der Waals surface area contributed by atoms with Crippen LogP contribution in [0.25, 0.3) is 6.08 Å². The third kappa shape index (κ3) is 7.40. The van der Waals surface area contributed by atoms with Crippen molar-refractivity contribution in [2.24, 2.45) is 0 Å². The molecule has 0 bridgehead atoms. The summed E-state index contributed by atoms with van der Waals surface area (Å²) in [4.78, 5) is 27.2. The van der Waals surface area contributed by atoms with Crippen LogP contribution in [0.1, 0.15) is 38.5 Å². The summed E-state index contributed by atoms with van der Waals surface area (Å²) in [7, 11) is 0. The first-order valence-corrected chi connectivity index (χ1v) is 14.6. The molecule has 1 aliphatic heterocycles. The zero-order valence-corrected chi connectivity index (χ0v) is 23.9. The van der Waals surface area contributed by atoms with Crippen molar-refractivity contribution in [3.8, 4) is 0 Å². The van der Waals surface area contributed by atoms with Gasteiger partial charge in [-0.3, -0.25) is 9.69 Å². The highest BCUT2D eigenvalue weighted by atomic mass is 32.2. The molecule has 1 N–H and O–H groups in total. The van der Waals surface area contributed by atoms with Gasteiger partial charge in [0.15, 0.2) is 5.16 Å². The summed E-state index contributed by atoms with van der Waals surface area (Å²) in [5.41, 5.74) is 5.06. The van der Waals surface area contributed by atoms with Crippen molar-refractivity contribution in [2.45, 2.75) is 31.3 Å². The number of carbonyl (C=O) groups is 1. The highest BCUT2D eigenvalue weighted by Crippen LogP contribution is 2.27. The first-order chi connectivity index (χ1) is 19.5. The van der Waals surface area contributed by atoms with Crippen LogP contribution in [0.15, 0.2) is 88.6 Å². The molecule has 3 heterocycles. The number of hydrogen-bond acceptors (Lipinski definition) is 7. The van der Waals surface area contributed by atoms with Crippen molar-refractivity contribution in [2.75, 3.05) is 37.6 Å². The molecule has 0 radical (unpaired) electrons. The van der Waals surface area contributed by atoms with Crippen molar-refractivity contribution in [3.63, 3.8) is 0 Å². The molecular formula is C32H35N5O2S. The lowest BCUT2D eigenvalue weighted by atomic mass is 10.1. The molecule has 2 aromatic heterocycles. The molecule has 2 aromatic carbocycles. The molecule has 1 saturated heterocycles. The van der Waals surface area contributed by atoms with E-state index in [4.69, 9.17) is 14.4 Å². The van der Waals surface area contributed by atoms with Gasteiger partial charge >= 0.3 is 0 Å². The predicted molar refractivity (Wildman–Crippen MR) is 162 cm³/mol. The Bertz CT molecular complexity index is 1430. The third-order valence-electron chi connectivity index (χ3n) is 7.05. The van der Waals surface area contributed by atoms with Crippen LogP contribution in [0.3, 0.4) is 0 Å². The zero-order valence-electron chi connectivity index (χ0n) is 23.0. The molecule has 1 amide bonds. The minimum atomic E-state index is -0.123. The van der Waals surface area contributed by atoms with Gasteiger partial charge in [0, 0.05) is 55.3 Å². The number of piperazine rings is 1. The average Bonchev–Trinajstić information content (AvgIpc) is 3.51. The van der Waals surface area contributed by atoms with Gasteiger partial charge in [0.1, 0.15) is 11.6 Å². The van der Waals surface area contributed by atoms with Crippen molar-refractivity contribution in [3.05, 3.63) is 113 Å². The molecule has 0 spiro atoms. The van der Waals surface area contributed by atoms with Crippen molar-refractivity contribution < 1.29 is 9.21 Å². The first kappa shape index (κ1) is 27.7. The van der Waals surface area contributed by atoms with Crippen molar-refractivity contribution in [1.29, 1.82) is 0 Å². The lowest BCUT2D eigenvalue weighted by Gasteiger charge is -2.35. The monoisotopic (exact) mass is 553 g/mol. The maximum Gasteiger partial charge on any atom is 0.251 e. The van der Waals surface area contributed by atoms with Gasteiger partial charge in [-0.2, -0.15) is 0 Å². The fraction of sp³-hybridized carbons (Fsp3) is 0.281. The second-order valence-electron chi connectivity index (χ2n) is 9.89. The van der Waals surface area contributed by atoms with Crippen molar-refractivity contribution in [1.82, 2.24) is 20.2 Å². The number of nitrogens with one attached hydrogen (secondary N) is 1. The number of carbonyl (C=O) groups excluding carboxylic acids is 1. The van der Waals surface area contributed by atoms with Crippen LogP contribution < -0.4 is 10.2 Å². The Balaban J connectivity index is 1.16. The van der Waals surface area contributed by atoms with Crippen LogP contribution in [0.2, 0.25) is 0 Å². The predicted octanol–water partition coefficient (Wildman–Crippen LogP) is 5.74. The minimum absolute atomic E-state index is 0.123. The molecule has 1 fully saturated rings. The molecule has 0 atom stereocenters. The van der Waals surface area contributed by atoms with Crippen LogP contribution >= 0.6 is 11.8 Å². The number of rotatable bonds is 10. The summed E-state index contributed by atoms with van der Waals surface area (Å²) >= 11 is 1.60. The van der Waals surface area contributed by atoms with Gasteiger partial charge in [0.05, 0.1) is 12.8 Å². The van der Waals surface area contributed by atoms with E-state index in [0.29, 0.717) is 17.9 Å². The molecule has 1 aliphatic rings. The topological polar surface area (TPSA) is 74.5 Å². The summed E-state index contributed by atoms with van der Waals surface area (Å²) < 4.78 is 5.30. The number of benzene rings is 2. The highest BCUT2D eigenvalue weighted by molar-refractivity contribution is 7.98. The van der Waals surface area contributed by atoms with Gasteiger partial charge in [0.2, 0.25) is 0 Å². The Morgan fingerprint density at radius 3 is 2.60 bits per heavy atom. The van der Waals surface area contributed by atoms with Gasteiger partial charge in [0.25, 0.3) is 5.91 Å². The van der Waals surface area contributed by atoms with Crippen LogP contribution in [0.4, 0.5) is 5.82 Å². The van der Waals surface area contributed by atoms with E-state index in [1.165, 1.54) is 5.56 Å². The van der Waals surface area contributed by atoms with E-state index in [-0.39, 0.29) is 5.91 Å². The van der Waals surface area contributed by atoms with E-state index in [0.717, 1.165) is 66.3 Å². The number of aromatic nitrogens is 2. The van der Waals surface area contributed by atoms with E-state index in [1.807, 2.05) is 42.5 Å². The number of anilines is 1. The lowest BCUT2D eigenvalue weighted by Crippen LogP contribution is -2.47. The smallest absolute Gasteiger partial charge is 0.251 e. The van der Waals surface area contributed by atoms with Gasteiger partial charge in [-0.05, 0) is 49.2 Å². The molecule has 8 heteroatoms. The molecule has 7 nitrogen and oxygen atoms in total. The molecule has 40 heavy (non-hydrogen) atoms. The molecule has 0 aliphatic carbocycles. The zero-order chi connectivity index (χ0) is 27.7. The van der Waals surface area contributed by atoms with Crippen LogP contribution in [0.5, 0.6) is 0 Å². The second kappa shape index (κ2) is 13.5. The first-order valence-electron chi connectivity index (χ1n) is 13.6. The Hall–Kier alpha value is -3.88. The Labute approximate surface area is 240 Å². The fourth-order valence-corrected chi connectivity index (χ4v) is 5.47. The summed E-state index contributed by atoms with van der Waals surface area (Å²) in [5.74, 6) is 2.32. The number of furan rings is 1. The molecule has 206 valence electrons. The maximum absolute atomic E-state index is 12.6. The third-order valence-corrected chi connectivity index (χ3v) is 7.97. The molecule has 5 rings (SSSR count). The molecule has 0 unspecified atom stereocenters. The largest absolute Gasteiger partial charge is 0.467 e. The Kier molecular flexibility index (Phi) is 9.31. The number of hydrogen-bond donors (Lipinski definition) is 1. The average molecular weight is 554 g/mol. The summed E-state index contributed by atoms with van der Waals surface area (Å²) in [5, 5.41) is 3.67. The molecule has 0 saturated carbocycles. The maximum atomic E-state index is 12.6. The van der Waals surface area contributed by atoms with E-state index in [1.54, 1.807) is 18.0 Å². The van der Waals surface area contributed by atoms with Crippen molar-refractivity contribution >= 4 is 29.6 Å². The summed E-state index contributed by atoms with van der Waals surface area (Å²) in [6.45, 7) is 9.36. The quantitative estimate of drug-likeness (QED) is 0.198. The second-order valence-corrected chi connectivity index (χ2v) is 10.8. The van der Waals surface area contributed by atoms with E-state index in [9.17, 15) is 4.79 Å². The van der Waals surface area contributed by atoms with Gasteiger partial charge in [-0.15, -0.1) is 0 Å². The van der Waals surface area contributed by atoms with E-state index < -0.39 is 0 Å². The summed E-state index contributed by atoms with van der Waals surface area (Å²) in [6.07, 6.45) is 6.04.